The molecule has 174 valence electrons. The molecule has 0 saturated heterocycles. The molecule has 0 aromatic heterocycles. The molecule has 2 aliphatic rings. The zero-order chi connectivity index (χ0) is 23.9. The van der Waals surface area contributed by atoms with Crippen LogP contribution in [0.4, 0.5) is 11.4 Å². The number of rotatable bonds is 4. The van der Waals surface area contributed by atoms with E-state index in [2.05, 4.69) is 66.5 Å². The lowest BCUT2D eigenvalue weighted by Gasteiger charge is -2.38. The van der Waals surface area contributed by atoms with Crippen molar-refractivity contribution >= 4 is 40.4 Å². The van der Waals surface area contributed by atoms with E-state index in [0.29, 0.717) is 16.5 Å². The van der Waals surface area contributed by atoms with Crippen LogP contribution in [0.5, 0.6) is 0 Å². The summed E-state index contributed by atoms with van der Waals surface area (Å²) in [7, 11) is 0. The molecule has 0 unspecified atom stereocenters. The maximum Gasteiger partial charge on any atom is 0.163 e. The lowest BCUT2D eigenvalue weighted by atomic mass is 9.73. The quantitative estimate of drug-likeness (QED) is 0.403. The van der Waals surface area contributed by atoms with Crippen molar-refractivity contribution in [3.8, 4) is 0 Å². The highest BCUT2D eigenvalue weighted by Crippen LogP contribution is 2.48. The monoisotopic (exact) mass is 490 g/mol. The molecular weight excluding hydrogens is 463 g/mol. The predicted octanol–water partition coefficient (Wildman–Crippen LogP) is 7.85. The van der Waals surface area contributed by atoms with Gasteiger partial charge in [-0.25, -0.2) is 0 Å². The smallest absolute Gasteiger partial charge is 0.163 e. The van der Waals surface area contributed by atoms with E-state index in [9.17, 15) is 4.79 Å². The van der Waals surface area contributed by atoms with Crippen molar-refractivity contribution in [2.75, 3.05) is 16.8 Å². The Morgan fingerprint density at radius 3 is 2.44 bits per heavy atom. The molecule has 0 amide bonds. The van der Waals surface area contributed by atoms with Gasteiger partial charge >= 0.3 is 0 Å². The van der Waals surface area contributed by atoms with Gasteiger partial charge in [0.1, 0.15) is 0 Å². The number of hydrogen-bond acceptors (Lipinski definition) is 3. The Morgan fingerprint density at radius 1 is 0.941 bits per heavy atom. The maximum atomic E-state index is 13.7. The first-order valence-corrected chi connectivity index (χ1v) is 12.5. The average Bonchev–Trinajstić information content (AvgIpc) is 2.93. The highest BCUT2D eigenvalue weighted by atomic mass is 35.5. The van der Waals surface area contributed by atoms with Crippen LogP contribution in [-0.4, -0.2) is 12.3 Å². The third-order valence-corrected chi connectivity index (χ3v) is 7.49. The van der Waals surface area contributed by atoms with Crippen LogP contribution < -0.4 is 10.2 Å². The summed E-state index contributed by atoms with van der Waals surface area (Å²) in [6.45, 7) is 5.07. The van der Waals surface area contributed by atoms with E-state index >= 15 is 0 Å². The number of carbonyl (C=O) groups is 1. The van der Waals surface area contributed by atoms with Crippen LogP contribution in [-0.2, 0) is 11.2 Å². The molecule has 0 bridgehead atoms. The van der Waals surface area contributed by atoms with Gasteiger partial charge in [-0.2, -0.15) is 0 Å². The van der Waals surface area contributed by atoms with Gasteiger partial charge in [0.05, 0.1) is 27.5 Å². The molecule has 0 fully saturated rings. The van der Waals surface area contributed by atoms with Gasteiger partial charge < -0.3 is 10.2 Å². The molecule has 0 spiro atoms. The fraction of sp³-hybridized carbons (Fsp3) is 0.276. The van der Waals surface area contributed by atoms with E-state index < -0.39 is 0 Å². The second-order valence-corrected chi connectivity index (χ2v) is 10.8. The minimum Gasteiger partial charge on any atom is -0.358 e. The zero-order valence-corrected chi connectivity index (χ0v) is 21.0. The number of Topliss-reactive ketones (excluding diaryl/α,β-unsaturated/α-hetero) is 1. The van der Waals surface area contributed by atoms with Crippen molar-refractivity contribution < 1.29 is 4.79 Å². The predicted molar refractivity (Wildman–Crippen MR) is 142 cm³/mol. The molecule has 34 heavy (non-hydrogen) atoms. The second-order valence-electron chi connectivity index (χ2n) is 9.98. The van der Waals surface area contributed by atoms with Crippen LogP contribution in [0, 0.1) is 5.41 Å². The number of benzene rings is 3. The summed E-state index contributed by atoms with van der Waals surface area (Å²) in [6, 6.07) is 24.3. The molecular formula is C29H28Cl2N2O. The number of nitrogens with zero attached hydrogens (tertiary/aromatic N) is 1. The van der Waals surface area contributed by atoms with Crippen molar-refractivity contribution in [3.05, 3.63) is 105 Å². The summed E-state index contributed by atoms with van der Waals surface area (Å²) in [6.07, 6.45) is 2.19. The summed E-state index contributed by atoms with van der Waals surface area (Å²) in [5.41, 5.74) is 6.08. The number of para-hydroxylation sites is 2. The van der Waals surface area contributed by atoms with E-state index in [1.165, 1.54) is 5.56 Å². The molecule has 5 rings (SSSR count). The van der Waals surface area contributed by atoms with Gasteiger partial charge in [-0.15, -0.1) is 0 Å². The second kappa shape index (κ2) is 9.13. The van der Waals surface area contributed by atoms with Gasteiger partial charge in [-0.3, -0.25) is 4.79 Å². The number of halogens is 2. The average molecular weight is 491 g/mol. The Labute approximate surface area is 211 Å². The number of anilines is 2. The van der Waals surface area contributed by atoms with E-state index in [4.69, 9.17) is 23.2 Å². The summed E-state index contributed by atoms with van der Waals surface area (Å²) in [5.74, 6) is 0.187. The van der Waals surface area contributed by atoms with Crippen LogP contribution in [0.3, 0.4) is 0 Å². The fourth-order valence-electron chi connectivity index (χ4n) is 5.22. The van der Waals surface area contributed by atoms with E-state index in [1.54, 1.807) is 0 Å². The molecule has 3 nitrogen and oxygen atoms in total. The molecule has 0 radical (unpaired) electrons. The first-order valence-electron chi connectivity index (χ1n) is 11.7. The van der Waals surface area contributed by atoms with Crippen molar-refractivity contribution in [2.45, 2.75) is 39.2 Å². The lowest BCUT2D eigenvalue weighted by molar-refractivity contribution is -0.118. The number of carbonyl (C=O) groups excluding carboxylic acids is 1. The molecule has 5 heteroatoms. The molecule has 0 saturated carbocycles. The van der Waals surface area contributed by atoms with E-state index in [-0.39, 0.29) is 17.2 Å². The van der Waals surface area contributed by atoms with Gasteiger partial charge in [0, 0.05) is 24.2 Å². The molecule has 3 aromatic rings. The molecule has 1 atom stereocenters. The van der Waals surface area contributed by atoms with Crippen molar-refractivity contribution in [1.82, 2.24) is 0 Å². The number of ketones is 1. The van der Waals surface area contributed by atoms with Crippen molar-refractivity contribution in [2.24, 2.45) is 5.41 Å². The molecule has 1 aliphatic carbocycles. The number of fused-ring (bicyclic) bond motifs is 1. The number of nitrogens with one attached hydrogen (secondary N) is 1. The first kappa shape index (κ1) is 23.0. The Bertz CT molecular complexity index is 1270. The highest BCUT2D eigenvalue weighted by molar-refractivity contribution is 6.42. The van der Waals surface area contributed by atoms with Gasteiger partial charge in [-0.05, 0) is 53.6 Å². The lowest BCUT2D eigenvalue weighted by Crippen LogP contribution is -2.37. The van der Waals surface area contributed by atoms with Gasteiger partial charge in [0.2, 0.25) is 0 Å². The van der Waals surface area contributed by atoms with Gasteiger partial charge in [0.25, 0.3) is 0 Å². The fourth-order valence-corrected chi connectivity index (χ4v) is 5.53. The zero-order valence-electron chi connectivity index (χ0n) is 19.4. The minimum absolute atomic E-state index is 0.0980. The molecule has 3 aromatic carbocycles. The minimum atomic E-state index is -0.256. The van der Waals surface area contributed by atoms with Gasteiger partial charge in [0.15, 0.2) is 5.78 Å². The van der Waals surface area contributed by atoms with Gasteiger partial charge in [-0.1, -0.05) is 85.6 Å². The largest absolute Gasteiger partial charge is 0.358 e. The van der Waals surface area contributed by atoms with Crippen LogP contribution in [0.15, 0.2) is 84.1 Å². The van der Waals surface area contributed by atoms with Crippen LogP contribution in [0.1, 0.15) is 43.9 Å². The first-order chi connectivity index (χ1) is 16.3. The summed E-state index contributed by atoms with van der Waals surface area (Å²) < 4.78 is 0. The van der Waals surface area contributed by atoms with Crippen LogP contribution in [0.2, 0.25) is 10.0 Å². The highest BCUT2D eigenvalue weighted by Gasteiger charge is 2.41. The van der Waals surface area contributed by atoms with E-state index in [1.807, 2.05) is 30.3 Å². The summed E-state index contributed by atoms with van der Waals surface area (Å²) in [4.78, 5) is 16.1. The Hall–Kier alpha value is -2.75. The molecule has 1 aliphatic heterocycles. The Morgan fingerprint density at radius 2 is 1.68 bits per heavy atom. The number of hydrogen-bond donors (Lipinski definition) is 1. The van der Waals surface area contributed by atoms with E-state index in [0.717, 1.165) is 47.6 Å². The third kappa shape index (κ3) is 4.47. The molecule has 1 heterocycles. The summed E-state index contributed by atoms with van der Waals surface area (Å²) >= 11 is 12.8. The van der Waals surface area contributed by atoms with Crippen LogP contribution >= 0.6 is 23.2 Å². The normalized spacial score (nSPS) is 19.2. The van der Waals surface area contributed by atoms with Crippen molar-refractivity contribution in [1.29, 1.82) is 0 Å². The standard InChI is InChI=1S/C29H28Cl2N2O/c1-29(2)17-24-27(26(34)18-29)28(20-12-13-21(30)22(31)16-20)33(15-14-19-8-4-3-5-9-19)25-11-7-6-10-23(25)32-24/h3-13,16,28,32H,14-15,17-18H2,1-2H3/t28-/m0/s1. The van der Waals surface area contributed by atoms with Crippen molar-refractivity contribution in [3.63, 3.8) is 0 Å². The SMILES string of the molecule is CC1(C)CC(=O)C2=C(C1)Nc1ccccc1N(CCc1ccccc1)[C@H]2c1ccc(Cl)c(Cl)c1. The van der Waals surface area contributed by atoms with Crippen LogP contribution in [0.25, 0.3) is 0 Å². The third-order valence-electron chi connectivity index (χ3n) is 6.75. The maximum absolute atomic E-state index is 13.7. The topological polar surface area (TPSA) is 32.3 Å². The molecule has 1 N–H and O–H groups in total. The number of allylic oxidation sites excluding steroid dienone is 1. The Kier molecular flexibility index (Phi) is 6.18. The Balaban J connectivity index is 1.69. The summed E-state index contributed by atoms with van der Waals surface area (Å²) in [5, 5.41) is 4.67.